The fourth-order valence-electron chi connectivity index (χ4n) is 1.70. The monoisotopic (exact) mass is 256 g/mol. The summed E-state index contributed by atoms with van der Waals surface area (Å²) >= 11 is 6.15. The molecule has 96 valence electrons. The van der Waals surface area contributed by atoms with Crippen molar-refractivity contribution in [2.75, 3.05) is 19.7 Å². The number of hydrogen-bond donors (Lipinski definition) is 1. The molecule has 0 saturated heterocycles. The fourth-order valence-corrected chi connectivity index (χ4v) is 1.88. The quantitative estimate of drug-likeness (QED) is 0.779. The number of likely N-dealkylation sites (N-methyl/N-ethyl adjacent to an activating group) is 1. The maximum Gasteiger partial charge on any atom is 0.137 e. The third-order valence-corrected chi connectivity index (χ3v) is 3.19. The standard InChI is InChI=1S/C14H22ClNO/c1-5-16-6-7-17-14-8-11(4)13(15)9-12(14)10(2)3/h8-10,16H,5-7H2,1-4H3/p+1. The third kappa shape index (κ3) is 4.21. The molecule has 1 aromatic rings. The first-order valence-corrected chi connectivity index (χ1v) is 6.68. The van der Waals surface area contributed by atoms with Gasteiger partial charge in [0.25, 0.3) is 0 Å². The summed E-state index contributed by atoms with van der Waals surface area (Å²) in [6, 6.07) is 4.07. The van der Waals surface area contributed by atoms with Crippen molar-refractivity contribution < 1.29 is 10.1 Å². The molecule has 2 nitrogen and oxygen atoms in total. The zero-order valence-corrected chi connectivity index (χ0v) is 12.0. The zero-order valence-electron chi connectivity index (χ0n) is 11.2. The van der Waals surface area contributed by atoms with Crippen LogP contribution in [0.2, 0.25) is 5.02 Å². The third-order valence-electron chi connectivity index (χ3n) is 2.78. The summed E-state index contributed by atoms with van der Waals surface area (Å²) in [5.41, 5.74) is 2.27. The van der Waals surface area contributed by atoms with Crippen molar-refractivity contribution in [3.05, 3.63) is 28.3 Å². The Morgan fingerprint density at radius 2 is 2.06 bits per heavy atom. The molecule has 0 amide bonds. The van der Waals surface area contributed by atoms with Gasteiger partial charge in [-0.1, -0.05) is 25.4 Å². The van der Waals surface area contributed by atoms with E-state index in [2.05, 4.69) is 26.1 Å². The van der Waals surface area contributed by atoms with E-state index >= 15 is 0 Å². The van der Waals surface area contributed by atoms with Gasteiger partial charge in [-0.2, -0.15) is 0 Å². The summed E-state index contributed by atoms with van der Waals surface area (Å²) in [6.07, 6.45) is 0. The van der Waals surface area contributed by atoms with Gasteiger partial charge < -0.3 is 10.1 Å². The highest BCUT2D eigenvalue weighted by Gasteiger charge is 2.11. The number of nitrogens with two attached hydrogens (primary N) is 1. The fraction of sp³-hybridized carbons (Fsp3) is 0.571. The van der Waals surface area contributed by atoms with Gasteiger partial charge >= 0.3 is 0 Å². The molecule has 17 heavy (non-hydrogen) atoms. The van der Waals surface area contributed by atoms with Crippen LogP contribution >= 0.6 is 11.6 Å². The van der Waals surface area contributed by atoms with E-state index in [1.54, 1.807) is 0 Å². The van der Waals surface area contributed by atoms with E-state index in [-0.39, 0.29) is 0 Å². The first-order valence-electron chi connectivity index (χ1n) is 6.30. The summed E-state index contributed by atoms with van der Waals surface area (Å²) < 4.78 is 5.85. The van der Waals surface area contributed by atoms with Gasteiger partial charge in [0.05, 0.1) is 6.54 Å². The number of ether oxygens (including phenoxy) is 1. The van der Waals surface area contributed by atoms with Crippen LogP contribution in [0, 0.1) is 6.92 Å². The SMILES string of the molecule is CC[NH2+]CCOc1cc(C)c(Cl)cc1C(C)C. The van der Waals surface area contributed by atoms with E-state index in [0.717, 1.165) is 36.0 Å². The van der Waals surface area contributed by atoms with Gasteiger partial charge in [-0.25, -0.2) is 0 Å². The van der Waals surface area contributed by atoms with E-state index in [0.29, 0.717) is 5.92 Å². The van der Waals surface area contributed by atoms with Gasteiger partial charge in [-0.3, -0.25) is 0 Å². The first-order chi connectivity index (χ1) is 8.06. The summed E-state index contributed by atoms with van der Waals surface area (Å²) in [6.45, 7) is 11.3. The molecule has 0 radical (unpaired) electrons. The highest BCUT2D eigenvalue weighted by Crippen LogP contribution is 2.31. The Labute approximate surface area is 109 Å². The lowest BCUT2D eigenvalue weighted by Crippen LogP contribution is -2.84. The zero-order chi connectivity index (χ0) is 12.8. The van der Waals surface area contributed by atoms with Gasteiger partial charge in [0.15, 0.2) is 0 Å². The number of hydrogen-bond acceptors (Lipinski definition) is 1. The minimum atomic E-state index is 0.429. The van der Waals surface area contributed by atoms with Crippen molar-refractivity contribution in [1.29, 1.82) is 0 Å². The van der Waals surface area contributed by atoms with E-state index in [9.17, 15) is 0 Å². The van der Waals surface area contributed by atoms with Crippen molar-refractivity contribution in [2.24, 2.45) is 0 Å². The molecule has 0 fully saturated rings. The van der Waals surface area contributed by atoms with E-state index in [1.165, 1.54) is 5.56 Å². The Morgan fingerprint density at radius 1 is 1.35 bits per heavy atom. The van der Waals surface area contributed by atoms with Crippen LogP contribution in [0.3, 0.4) is 0 Å². The molecule has 1 rings (SSSR count). The first kappa shape index (κ1) is 14.3. The van der Waals surface area contributed by atoms with Gasteiger partial charge in [0.2, 0.25) is 0 Å². The molecular weight excluding hydrogens is 234 g/mol. The van der Waals surface area contributed by atoms with Crippen LogP contribution in [-0.4, -0.2) is 19.7 Å². The number of aryl methyl sites for hydroxylation is 1. The van der Waals surface area contributed by atoms with Crippen LogP contribution in [-0.2, 0) is 0 Å². The normalized spacial score (nSPS) is 10.9. The predicted molar refractivity (Wildman–Crippen MR) is 73.1 cm³/mol. The van der Waals surface area contributed by atoms with Gasteiger partial charge in [-0.15, -0.1) is 0 Å². The van der Waals surface area contributed by atoms with Gasteiger partial charge in [0, 0.05) is 5.02 Å². The van der Waals surface area contributed by atoms with E-state index in [1.807, 2.05) is 19.1 Å². The highest BCUT2D eigenvalue weighted by atomic mass is 35.5. The number of halogens is 1. The van der Waals surface area contributed by atoms with Crippen molar-refractivity contribution in [1.82, 2.24) is 0 Å². The molecule has 1 aromatic carbocycles. The Hall–Kier alpha value is -0.730. The largest absolute Gasteiger partial charge is 0.487 e. The van der Waals surface area contributed by atoms with Crippen LogP contribution < -0.4 is 10.1 Å². The topological polar surface area (TPSA) is 25.8 Å². The summed E-state index contributed by atoms with van der Waals surface area (Å²) in [7, 11) is 0. The molecular formula is C14H23ClNO+. The molecule has 0 aromatic heterocycles. The molecule has 0 heterocycles. The second kappa shape index (κ2) is 6.87. The average Bonchev–Trinajstić information content (AvgIpc) is 2.28. The summed E-state index contributed by atoms with van der Waals surface area (Å²) in [4.78, 5) is 0. The van der Waals surface area contributed by atoms with E-state index < -0.39 is 0 Å². The van der Waals surface area contributed by atoms with E-state index in [4.69, 9.17) is 16.3 Å². The number of quaternary nitrogens is 1. The van der Waals surface area contributed by atoms with Gasteiger partial charge in [-0.05, 0) is 43.0 Å². The lowest BCUT2D eigenvalue weighted by Gasteiger charge is -2.15. The lowest BCUT2D eigenvalue weighted by atomic mass is 10.0. The number of rotatable bonds is 6. The second-order valence-corrected chi connectivity index (χ2v) is 5.04. The molecule has 0 atom stereocenters. The van der Waals surface area contributed by atoms with Crippen LogP contribution in [0.4, 0.5) is 0 Å². The maximum atomic E-state index is 6.15. The molecule has 0 bridgehead atoms. The Morgan fingerprint density at radius 3 is 2.65 bits per heavy atom. The van der Waals surface area contributed by atoms with Crippen LogP contribution in [0.25, 0.3) is 0 Å². The molecule has 0 aliphatic heterocycles. The predicted octanol–water partition coefficient (Wildman–Crippen LogP) is 2.73. The molecule has 0 aliphatic rings. The summed E-state index contributed by atoms with van der Waals surface area (Å²) in [5.74, 6) is 1.41. The van der Waals surface area contributed by atoms with Crippen molar-refractivity contribution in [2.45, 2.75) is 33.6 Å². The van der Waals surface area contributed by atoms with Crippen molar-refractivity contribution in [3.63, 3.8) is 0 Å². The van der Waals surface area contributed by atoms with Crippen molar-refractivity contribution in [3.8, 4) is 5.75 Å². The molecule has 0 saturated carbocycles. The molecule has 3 heteroatoms. The molecule has 0 unspecified atom stereocenters. The van der Waals surface area contributed by atoms with Crippen molar-refractivity contribution >= 4 is 11.6 Å². The van der Waals surface area contributed by atoms with Crippen LogP contribution in [0.15, 0.2) is 12.1 Å². The average molecular weight is 257 g/mol. The van der Waals surface area contributed by atoms with Crippen LogP contribution in [0.5, 0.6) is 5.75 Å². The Balaban J connectivity index is 2.78. The smallest absolute Gasteiger partial charge is 0.137 e. The lowest BCUT2D eigenvalue weighted by molar-refractivity contribution is -0.652. The molecule has 2 N–H and O–H groups in total. The Bertz CT molecular complexity index is 363. The Kier molecular flexibility index (Phi) is 5.79. The minimum absolute atomic E-state index is 0.429. The minimum Gasteiger partial charge on any atom is -0.487 e. The van der Waals surface area contributed by atoms with Gasteiger partial charge in [0.1, 0.15) is 18.9 Å². The maximum absolute atomic E-state index is 6.15. The number of benzene rings is 1. The highest BCUT2D eigenvalue weighted by molar-refractivity contribution is 6.31. The molecule has 0 aliphatic carbocycles. The molecule has 0 spiro atoms. The van der Waals surface area contributed by atoms with Crippen LogP contribution in [0.1, 0.15) is 37.8 Å². The summed E-state index contributed by atoms with van der Waals surface area (Å²) in [5, 5.41) is 3.05. The second-order valence-electron chi connectivity index (χ2n) is 4.63.